The van der Waals surface area contributed by atoms with E-state index in [-0.39, 0.29) is 60.6 Å². The van der Waals surface area contributed by atoms with E-state index in [1.165, 1.54) is 0 Å². The fraction of sp³-hybridized carbons (Fsp3) is 0.800. The van der Waals surface area contributed by atoms with Gasteiger partial charge in [0, 0.05) is 52.4 Å². The summed E-state index contributed by atoms with van der Waals surface area (Å²) in [6.07, 6.45) is -3.24. The molecular formula is C40H84N8O17. The van der Waals surface area contributed by atoms with E-state index in [1.807, 2.05) is 13.8 Å². The first-order chi connectivity index (χ1) is 30.1. The Kier molecular flexibility index (Phi) is 59.1. The number of rotatable bonds is 25. The average Bonchev–Trinajstić information content (AvgIpc) is 3.21. The lowest BCUT2D eigenvalue weighted by molar-refractivity contribution is 0.0132. The highest BCUT2D eigenvalue weighted by atomic mass is 16.6. The maximum Gasteiger partial charge on any atom is 0.407 e. The monoisotopic (exact) mass is 949 g/mol. The molecule has 0 rings (SSSR count). The van der Waals surface area contributed by atoms with Gasteiger partial charge in [0.2, 0.25) is 0 Å². The van der Waals surface area contributed by atoms with Crippen molar-refractivity contribution in [2.24, 2.45) is 0 Å². The van der Waals surface area contributed by atoms with Crippen LogP contribution in [0.3, 0.4) is 0 Å². The lowest BCUT2D eigenvalue weighted by Gasteiger charge is -2.13. The molecule has 65 heavy (non-hydrogen) atoms. The minimum atomic E-state index is -0.510. The van der Waals surface area contributed by atoms with Crippen molar-refractivity contribution in [2.75, 3.05) is 105 Å². The summed E-state index contributed by atoms with van der Waals surface area (Å²) < 4.78 is 43.5. The number of carbonyl (C=O) groups is 8. The van der Waals surface area contributed by atoms with Crippen molar-refractivity contribution >= 4 is 48.7 Å². The highest BCUT2D eigenvalue weighted by Gasteiger charge is 2.11. The molecule has 8 amide bonds. The van der Waals surface area contributed by atoms with Crippen molar-refractivity contribution in [2.45, 2.75) is 109 Å². The summed E-state index contributed by atoms with van der Waals surface area (Å²) >= 11 is 0. The first-order valence-corrected chi connectivity index (χ1v) is 21.0. The minimum absolute atomic E-state index is 0. The van der Waals surface area contributed by atoms with E-state index in [0.717, 1.165) is 0 Å². The number of unbranched alkanes of at least 4 members (excludes halogenated alkanes) is 1. The zero-order valence-corrected chi connectivity index (χ0v) is 38.8. The molecule has 0 bridgehead atoms. The molecule has 0 spiro atoms. The van der Waals surface area contributed by atoms with E-state index in [9.17, 15) is 38.4 Å². The topological polar surface area (TPSA) is 316 Å². The van der Waals surface area contributed by atoms with Gasteiger partial charge in [-0.1, -0.05) is 14.9 Å². The summed E-state index contributed by atoms with van der Waals surface area (Å²) in [5, 5.41) is 19.9. The van der Waals surface area contributed by atoms with Crippen LogP contribution in [0.2, 0.25) is 0 Å². The van der Waals surface area contributed by atoms with E-state index < -0.39 is 54.8 Å². The second-order valence-corrected chi connectivity index (χ2v) is 11.7. The van der Waals surface area contributed by atoms with E-state index in [2.05, 4.69) is 52.0 Å². The van der Waals surface area contributed by atoms with Crippen LogP contribution in [0.1, 0.15) is 96.9 Å². The van der Waals surface area contributed by atoms with Gasteiger partial charge in [0.25, 0.3) is 0 Å². The van der Waals surface area contributed by atoms with E-state index in [4.69, 9.17) is 33.2 Å². The molecular weight excluding hydrogens is 864 g/mol. The molecule has 0 heterocycles. The second-order valence-electron chi connectivity index (χ2n) is 11.7. The van der Waals surface area contributed by atoms with Gasteiger partial charge in [-0.05, 0) is 82.1 Å². The zero-order valence-electron chi connectivity index (χ0n) is 38.8. The smallest absolute Gasteiger partial charge is 0.407 e. The summed E-state index contributed by atoms with van der Waals surface area (Å²) in [5.41, 5.74) is 0. The number of nitrogens with one attached hydrogen (secondary N) is 8. The quantitative estimate of drug-likeness (QED) is 0.0452. The van der Waals surface area contributed by atoms with E-state index in [0.29, 0.717) is 78.4 Å². The second kappa shape index (κ2) is 54.3. The number of hydrogen-bond acceptors (Lipinski definition) is 17. The first kappa shape index (κ1) is 70.8. The average molecular weight is 949 g/mol. The van der Waals surface area contributed by atoms with Gasteiger partial charge in [0.15, 0.2) is 0 Å². The number of alkyl carbamates (subject to hydrolysis) is 8. The number of carbonyl (C=O) groups excluding carboxylic acids is 8. The largest absolute Gasteiger partial charge is 0.450 e. The van der Waals surface area contributed by atoms with Gasteiger partial charge in [-0.15, -0.1) is 0 Å². The molecule has 2 atom stereocenters. The van der Waals surface area contributed by atoms with Crippen LogP contribution in [0.25, 0.3) is 0 Å². The minimum Gasteiger partial charge on any atom is -0.450 e. The van der Waals surface area contributed by atoms with Gasteiger partial charge in [-0.2, -0.15) is 0 Å². The van der Waals surface area contributed by atoms with Crippen molar-refractivity contribution in [3.05, 3.63) is 0 Å². The number of hydrogen-bond donors (Lipinski definition) is 8. The predicted octanol–water partition coefficient (Wildman–Crippen LogP) is 4.76. The summed E-state index contributed by atoms with van der Waals surface area (Å²) in [4.78, 5) is 86.9. The molecule has 0 fully saturated rings. The molecule has 0 radical (unpaired) electrons. The molecule has 386 valence electrons. The van der Waals surface area contributed by atoms with Gasteiger partial charge in [-0.3, -0.25) is 0 Å². The van der Waals surface area contributed by atoms with Gasteiger partial charge in [-0.25, -0.2) is 38.4 Å². The van der Waals surface area contributed by atoms with Crippen molar-refractivity contribution in [1.29, 1.82) is 0 Å². The lowest BCUT2D eigenvalue weighted by atomic mass is 10.3. The highest BCUT2D eigenvalue weighted by Crippen LogP contribution is 1.95. The Labute approximate surface area is 386 Å². The van der Waals surface area contributed by atoms with Crippen LogP contribution in [-0.2, 0) is 42.6 Å². The third kappa shape index (κ3) is 60.2. The van der Waals surface area contributed by atoms with Crippen LogP contribution in [0.5, 0.6) is 0 Å². The molecule has 0 aliphatic rings. The molecule has 2 unspecified atom stereocenters. The van der Waals surface area contributed by atoms with Crippen molar-refractivity contribution in [3.63, 3.8) is 0 Å². The Hall–Kier alpha value is -5.88. The molecule has 0 aromatic heterocycles. The molecule has 8 N–H and O–H groups in total. The number of ether oxygens (including phenoxy) is 9. The molecule has 25 nitrogen and oxygen atoms in total. The summed E-state index contributed by atoms with van der Waals surface area (Å²) in [7, 11) is 0. The lowest BCUT2D eigenvalue weighted by Crippen LogP contribution is -2.32. The molecule has 0 saturated carbocycles. The van der Waals surface area contributed by atoms with Crippen LogP contribution < -0.4 is 42.5 Å². The molecule has 0 aromatic rings. The zero-order chi connectivity index (χ0) is 48.5. The maximum absolute atomic E-state index is 11.0. The third-order valence-corrected chi connectivity index (χ3v) is 6.00. The predicted molar refractivity (Wildman–Crippen MR) is 243 cm³/mol. The maximum atomic E-state index is 11.0. The van der Waals surface area contributed by atoms with Crippen molar-refractivity contribution in [3.8, 4) is 0 Å². The molecule has 0 aromatic carbocycles. The van der Waals surface area contributed by atoms with Gasteiger partial charge in [0.05, 0.1) is 26.4 Å². The summed E-state index contributed by atoms with van der Waals surface area (Å²) in [5.74, 6) is 0. The molecule has 0 aliphatic carbocycles. The SMILES string of the molecule is C.C.CCNC(=O)OCC(C)OC(=O)NCC.CCNC(=O)OCCCCOC(=O)NCC.CCNC(=O)OCCOC(=O)NCC.CCNC(=O)OCCOCC(C)OC(=O)NCC. The molecule has 0 saturated heterocycles. The standard InChI is InChI=1S/C11H22N2O5.C10H20N2O4.C9H18N2O4.C8H16N2O4.2CH4/c1-4-12-10(14)17-7-6-16-8-9(3)18-11(15)13-5-2;1-3-11-9(13)15-7-5-6-8-16-10(14)12-4-2;1-4-10-8(12)14-6-7(3)15-9(13)11-5-2;1-3-9-7(11)13-5-6-14-8(12)10-4-2;;/h9H,4-8H2,1-3H3,(H,12,14)(H,13,15);3-8H2,1-2H3,(H,11,13)(H,12,14);7H,4-6H2,1-3H3,(H,10,12)(H,11,13);3-6H2,1-2H3,(H,9,11)(H,10,12);2*1H4. The van der Waals surface area contributed by atoms with Crippen molar-refractivity contribution in [1.82, 2.24) is 42.5 Å². The van der Waals surface area contributed by atoms with Gasteiger partial charge in [0.1, 0.15) is 38.6 Å². The third-order valence-electron chi connectivity index (χ3n) is 6.00. The van der Waals surface area contributed by atoms with Crippen LogP contribution in [0.15, 0.2) is 0 Å². The Morgan fingerprint density at radius 2 is 0.554 bits per heavy atom. The summed E-state index contributed by atoms with van der Waals surface area (Å²) in [6, 6.07) is 0. The van der Waals surface area contributed by atoms with Crippen LogP contribution in [0, 0.1) is 0 Å². The fourth-order valence-corrected chi connectivity index (χ4v) is 3.42. The van der Waals surface area contributed by atoms with Gasteiger partial charge < -0.3 is 85.2 Å². The Morgan fingerprint density at radius 1 is 0.323 bits per heavy atom. The van der Waals surface area contributed by atoms with Crippen molar-refractivity contribution < 1.29 is 81.0 Å². The normalized spacial score (nSPS) is 10.1. The van der Waals surface area contributed by atoms with Gasteiger partial charge >= 0.3 is 48.7 Å². The highest BCUT2D eigenvalue weighted by molar-refractivity contribution is 5.69. The Morgan fingerprint density at radius 3 is 0.846 bits per heavy atom. The fourth-order valence-electron chi connectivity index (χ4n) is 3.42. The molecule has 25 heteroatoms. The first-order valence-electron chi connectivity index (χ1n) is 21.0. The van der Waals surface area contributed by atoms with Crippen LogP contribution in [-0.4, -0.2) is 166 Å². The van der Waals surface area contributed by atoms with Crippen LogP contribution >= 0.6 is 0 Å². The molecule has 0 aliphatic heterocycles. The summed E-state index contributed by atoms with van der Waals surface area (Å²) in [6.45, 7) is 23.5. The Bertz CT molecular complexity index is 1160. The number of amides is 8. The Balaban J connectivity index is -0.000000177. The van der Waals surface area contributed by atoms with E-state index in [1.54, 1.807) is 55.4 Å². The van der Waals surface area contributed by atoms with Crippen LogP contribution in [0.4, 0.5) is 38.4 Å². The van der Waals surface area contributed by atoms with E-state index >= 15 is 0 Å².